The maximum Gasteiger partial charge on any atom is 0.311 e. The Hall–Kier alpha value is -1.78. The number of nitrogens with one attached hydrogen (secondary N) is 1. The summed E-state index contributed by atoms with van der Waals surface area (Å²) < 4.78 is 5.44. The van der Waals surface area contributed by atoms with E-state index in [4.69, 9.17) is 4.74 Å². The number of ether oxygens (including phenoxy) is 1. The molecule has 0 radical (unpaired) electrons. The fourth-order valence-electron chi connectivity index (χ4n) is 1.87. The van der Waals surface area contributed by atoms with Crippen molar-refractivity contribution in [3.05, 3.63) is 28.3 Å². The zero-order valence-electron chi connectivity index (χ0n) is 10.5. The molecule has 0 spiro atoms. The molecule has 0 heterocycles. The topological polar surface area (TPSA) is 64.4 Å². The molecule has 0 aromatic heterocycles. The van der Waals surface area contributed by atoms with Crippen LogP contribution in [-0.4, -0.2) is 17.6 Å². The van der Waals surface area contributed by atoms with Crippen molar-refractivity contribution in [2.45, 2.75) is 38.6 Å². The van der Waals surface area contributed by atoms with E-state index in [-0.39, 0.29) is 5.69 Å². The molecule has 0 saturated heterocycles. The highest BCUT2D eigenvalue weighted by molar-refractivity contribution is 5.58. The SMILES string of the molecule is CCCOc1cc(NC2CCC2)ccc1[N+](=O)[O-]. The standard InChI is InChI=1S/C13H18N2O3/c1-2-8-18-13-9-11(14-10-4-3-5-10)6-7-12(13)15(16)17/h6-7,9-10,14H,2-5,8H2,1H3. The van der Waals surface area contributed by atoms with Crippen molar-refractivity contribution in [3.63, 3.8) is 0 Å². The van der Waals surface area contributed by atoms with E-state index in [1.54, 1.807) is 12.1 Å². The Kier molecular flexibility index (Phi) is 4.02. The van der Waals surface area contributed by atoms with Gasteiger partial charge in [-0.25, -0.2) is 0 Å². The molecule has 0 atom stereocenters. The van der Waals surface area contributed by atoms with Gasteiger partial charge in [-0.15, -0.1) is 0 Å². The van der Waals surface area contributed by atoms with Gasteiger partial charge in [-0.05, 0) is 31.7 Å². The summed E-state index contributed by atoms with van der Waals surface area (Å²) in [6.07, 6.45) is 4.42. The third-order valence-electron chi connectivity index (χ3n) is 3.09. The first kappa shape index (κ1) is 12.7. The van der Waals surface area contributed by atoms with Gasteiger partial charge in [0.15, 0.2) is 5.75 Å². The second-order valence-electron chi connectivity index (χ2n) is 4.56. The second-order valence-corrected chi connectivity index (χ2v) is 4.56. The van der Waals surface area contributed by atoms with Crippen LogP contribution >= 0.6 is 0 Å². The number of nitro groups is 1. The molecule has 1 aromatic carbocycles. The summed E-state index contributed by atoms with van der Waals surface area (Å²) >= 11 is 0. The Morgan fingerprint density at radius 1 is 1.50 bits per heavy atom. The highest BCUT2D eigenvalue weighted by atomic mass is 16.6. The fraction of sp³-hybridized carbons (Fsp3) is 0.538. The Morgan fingerprint density at radius 3 is 2.83 bits per heavy atom. The fourth-order valence-corrected chi connectivity index (χ4v) is 1.87. The van der Waals surface area contributed by atoms with Crippen molar-refractivity contribution in [2.75, 3.05) is 11.9 Å². The normalized spacial score (nSPS) is 14.9. The van der Waals surface area contributed by atoms with E-state index in [2.05, 4.69) is 5.32 Å². The molecule has 1 saturated carbocycles. The van der Waals surface area contributed by atoms with Crippen molar-refractivity contribution >= 4 is 11.4 Å². The zero-order valence-corrected chi connectivity index (χ0v) is 10.5. The summed E-state index contributed by atoms with van der Waals surface area (Å²) in [6, 6.07) is 5.48. The van der Waals surface area contributed by atoms with Gasteiger partial charge < -0.3 is 10.1 Å². The number of rotatable bonds is 6. The van der Waals surface area contributed by atoms with E-state index in [9.17, 15) is 10.1 Å². The monoisotopic (exact) mass is 250 g/mol. The van der Waals surface area contributed by atoms with Gasteiger partial charge in [0.05, 0.1) is 11.5 Å². The number of hydrogen-bond acceptors (Lipinski definition) is 4. The Morgan fingerprint density at radius 2 is 2.28 bits per heavy atom. The zero-order chi connectivity index (χ0) is 13.0. The predicted molar refractivity (Wildman–Crippen MR) is 70.1 cm³/mol. The number of nitrogens with zero attached hydrogens (tertiary/aromatic N) is 1. The van der Waals surface area contributed by atoms with Gasteiger partial charge in [0.1, 0.15) is 0 Å². The molecule has 5 heteroatoms. The number of benzene rings is 1. The summed E-state index contributed by atoms with van der Waals surface area (Å²) in [4.78, 5) is 10.5. The molecule has 98 valence electrons. The van der Waals surface area contributed by atoms with Crippen LogP contribution in [0.3, 0.4) is 0 Å². The lowest BCUT2D eigenvalue weighted by Crippen LogP contribution is -2.26. The maximum atomic E-state index is 10.9. The van der Waals surface area contributed by atoms with E-state index in [1.165, 1.54) is 25.3 Å². The molecule has 1 aliphatic carbocycles. The predicted octanol–water partition coefficient (Wildman–Crippen LogP) is 3.35. The first-order valence-corrected chi connectivity index (χ1v) is 6.38. The van der Waals surface area contributed by atoms with Crippen LogP contribution < -0.4 is 10.1 Å². The first-order chi connectivity index (χ1) is 8.70. The van der Waals surface area contributed by atoms with Crippen molar-refractivity contribution in [2.24, 2.45) is 0 Å². The number of hydrogen-bond donors (Lipinski definition) is 1. The van der Waals surface area contributed by atoms with Crippen LogP contribution in [0.5, 0.6) is 5.75 Å². The van der Waals surface area contributed by atoms with Gasteiger partial charge in [0.25, 0.3) is 0 Å². The highest BCUT2D eigenvalue weighted by Crippen LogP contribution is 2.32. The van der Waals surface area contributed by atoms with Crippen LogP contribution in [0.15, 0.2) is 18.2 Å². The molecule has 0 unspecified atom stereocenters. The van der Waals surface area contributed by atoms with E-state index in [0.717, 1.165) is 12.1 Å². The summed E-state index contributed by atoms with van der Waals surface area (Å²) in [7, 11) is 0. The molecular formula is C13H18N2O3. The van der Waals surface area contributed by atoms with E-state index < -0.39 is 4.92 Å². The Balaban J connectivity index is 2.14. The second kappa shape index (κ2) is 5.71. The van der Waals surface area contributed by atoms with Crippen LogP contribution in [-0.2, 0) is 0 Å². The van der Waals surface area contributed by atoms with E-state index in [1.807, 2.05) is 6.92 Å². The van der Waals surface area contributed by atoms with Gasteiger partial charge in [0, 0.05) is 23.9 Å². The summed E-state index contributed by atoms with van der Waals surface area (Å²) in [5.41, 5.74) is 0.930. The summed E-state index contributed by atoms with van der Waals surface area (Å²) in [5.74, 6) is 0.353. The molecule has 1 N–H and O–H groups in total. The van der Waals surface area contributed by atoms with Gasteiger partial charge in [-0.2, -0.15) is 0 Å². The van der Waals surface area contributed by atoms with E-state index in [0.29, 0.717) is 18.4 Å². The molecule has 1 aromatic rings. The third kappa shape index (κ3) is 2.91. The molecule has 0 bridgehead atoms. The van der Waals surface area contributed by atoms with E-state index >= 15 is 0 Å². The highest BCUT2D eigenvalue weighted by Gasteiger charge is 2.19. The molecule has 1 fully saturated rings. The Bertz CT molecular complexity index is 430. The lowest BCUT2D eigenvalue weighted by atomic mass is 9.93. The van der Waals surface area contributed by atoms with Crippen molar-refractivity contribution < 1.29 is 9.66 Å². The van der Waals surface area contributed by atoms with Crippen molar-refractivity contribution in [1.29, 1.82) is 0 Å². The lowest BCUT2D eigenvalue weighted by molar-refractivity contribution is -0.385. The minimum Gasteiger partial charge on any atom is -0.487 e. The van der Waals surface area contributed by atoms with Gasteiger partial charge in [-0.3, -0.25) is 10.1 Å². The summed E-state index contributed by atoms with van der Waals surface area (Å²) in [6.45, 7) is 2.47. The van der Waals surface area contributed by atoms with Gasteiger partial charge in [0.2, 0.25) is 0 Å². The van der Waals surface area contributed by atoms with Crippen LogP contribution in [0.25, 0.3) is 0 Å². The lowest BCUT2D eigenvalue weighted by Gasteiger charge is -2.27. The molecule has 18 heavy (non-hydrogen) atoms. The Labute approximate surface area is 106 Å². The first-order valence-electron chi connectivity index (χ1n) is 6.38. The molecular weight excluding hydrogens is 232 g/mol. The number of anilines is 1. The minimum atomic E-state index is -0.405. The molecule has 2 rings (SSSR count). The smallest absolute Gasteiger partial charge is 0.311 e. The van der Waals surface area contributed by atoms with Crippen LogP contribution in [0.1, 0.15) is 32.6 Å². The van der Waals surface area contributed by atoms with Crippen LogP contribution in [0.4, 0.5) is 11.4 Å². The average molecular weight is 250 g/mol. The quantitative estimate of drug-likeness (QED) is 0.621. The van der Waals surface area contributed by atoms with Gasteiger partial charge in [-0.1, -0.05) is 6.92 Å². The number of nitro benzene ring substituents is 1. The maximum absolute atomic E-state index is 10.9. The van der Waals surface area contributed by atoms with Gasteiger partial charge >= 0.3 is 5.69 Å². The van der Waals surface area contributed by atoms with Crippen molar-refractivity contribution in [1.82, 2.24) is 0 Å². The molecule has 0 amide bonds. The average Bonchev–Trinajstić information content (AvgIpc) is 2.31. The third-order valence-corrected chi connectivity index (χ3v) is 3.09. The molecule has 5 nitrogen and oxygen atoms in total. The van der Waals surface area contributed by atoms with Crippen molar-refractivity contribution in [3.8, 4) is 5.75 Å². The van der Waals surface area contributed by atoms with Crippen LogP contribution in [0, 0.1) is 10.1 Å². The molecule has 1 aliphatic rings. The summed E-state index contributed by atoms with van der Waals surface area (Å²) in [5, 5.41) is 14.2. The largest absolute Gasteiger partial charge is 0.487 e. The van der Waals surface area contributed by atoms with Crippen LogP contribution in [0.2, 0.25) is 0 Å². The molecule has 0 aliphatic heterocycles. The minimum absolute atomic E-state index is 0.0302.